The minimum Gasteiger partial charge on any atom is -0.206 e. The molecule has 0 aromatic carbocycles. The van der Waals surface area contributed by atoms with Crippen molar-refractivity contribution < 1.29 is 8.78 Å². The maximum atomic E-state index is 12.8. The van der Waals surface area contributed by atoms with Crippen molar-refractivity contribution in [2.45, 2.75) is 45.5 Å². The van der Waals surface area contributed by atoms with Crippen molar-refractivity contribution in [3.63, 3.8) is 0 Å². The van der Waals surface area contributed by atoms with E-state index in [1.165, 1.54) is 0 Å². The number of hydrogen-bond donors (Lipinski definition) is 0. The van der Waals surface area contributed by atoms with E-state index in [0.29, 0.717) is 12.8 Å². The molecule has 1 aliphatic rings. The lowest BCUT2D eigenvalue weighted by Gasteiger charge is -1.91. The molecule has 1 rings (SSSR count). The molecule has 0 saturated heterocycles. The first-order valence-corrected chi connectivity index (χ1v) is 4.52. The Hall–Kier alpha value is -0.140. The molecule has 0 aromatic rings. The largest absolute Gasteiger partial charge is 0.254 e. The van der Waals surface area contributed by atoms with E-state index in [-0.39, 0.29) is 11.8 Å². The van der Waals surface area contributed by atoms with Crippen molar-refractivity contribution in [1.29, 1.82) is 0 Å². The number of hydrogen-bond acceptors (Lipinski definition) is 0. The van der Waals surface area contributed by atoms with E-state index in [2.05, 4.69) is 0 Å². The Morgan fingerprint density at radius 2 is 1.36 bits per heavy atom. The van der Waals surface area contributed by atoms with Crippen molar-refractivity contribution in [2.24, 2.45) is 11.8 Å². The predicted molar refractivity (Wildman–Crippen MR) is 41.7 cm³/mol. The van der Waals surface area contributed by atoms with Gasteiger partial charge in [-0.3, -0.25) is 0 Å². The molecule has 0 aromatic heterocycles. The lowest BCUT2D eigenvalue weighted by atomic mass is 10.1. The second kappa shape index (κ2) is 3.08. The fourth-order valence-electron chi connectivity index (χ4n) is 1.87. The molecule has 0 radical (unpaired) electrons. The first kappa shape index (κ1) is 8.95. The van der Waals surface area contributed by atoms with Crippen LogP contribution < -0.4 is 0 Å². The molecule has 2 unspecified atom stereocenters. The average Bonchev–Trinajstić information content (AvgIpc) is 2.41. The SMILES string of the molecule is CCCC1C(CCC)C1(F)F. The molecule has 1 saturated carbocycles. The highest BCUT2D eigenvalue weighted by Crippen LogP contribution is 2.59. The topological polar surface area (TPSA) is 0 Å². The van der Waals surface area contributed by atoms with E-state index in [4.69, 9.17) is 0 Å². The van der Waals surface area contributed by atoms with Gasteiger partial charge in [0.15, 0.2) is 0 Å². The van der Waals surface area contributed by atoms with Gasteiger partial charge in [-0.05, 0) is 12.8 Å². The molecule has 11 heavy (non-hydrogen) atoms. The van der Waals surface area contributed by atoms with E-state index in [1.807, 2.05) is 13.8 Å². The zero-order valence-corrected chi connectivity index (χ0v) is 7.24. The van der Waals surface area contributed by atoms with Crippen LogP contribution >= 0.6 is 0 Å². The van der Waals surface area contributed by atoms with Crippen LogP contribution in [-0.4, -0.2) is 5.92 Å². The third-order valence-electron chi connectivity index (χ3n) is 2.56. The molecule has 2 heteroatoms. The third-order valence-corrected chi connectivity index (χ3v) is 2.56. The summed E-state index contributed by atoms with van der Waals surface area (Å²) in [7, 11) is 0. The van der Waals surface area contributed by atoms with Gasteiger partial charge in [-0.2, -0.15) is 0 Å². The van der Waals surface area contributed by atoms with Crippen LogP contribution in [0.4, 0.5) is 8.78 Å². The Balaban J connectivity index is 2.34. The van der Waals surface area contributed by atoms with Gasteiger partial charge in [-0.25, -0.2) is 8.78 Å². The fraction of sp³-hybridized carbons (Fsp3) is 1.00. The molecule has 1 aliphatic carbocycles. The summed E-state index contributed by atoms with van der Waals surface area (Å²) in [6, 6.07) is 0. The maximum Gasteiger partial charge on any atom is 0.254 e. The van der Waals surface area contributed by atoms with Gasteiger partial charge >= 0.3 is 0 Å². The van der Waals surface area contributed by atoms with E-state index in [0.717, 1.165) is 12.8 Å². The summed E-state index contributed by atoms with van der Waals surface area (Å²) in [5, 5.41) is 0. The first-order chi connectivity index (χ1) is 5.14. The number of halogens is 2. The quantitative estimate of drug-likeness (QED) is 0.593. The Morgan fingerprint density at radius 3 is 1.64 bits per heavy atom. The van der Waals surface area contributed by atoms with Crippen LogP contribution in [0.15, 0.2) is 0 Å². The summed E-state index contributed by atoms with van der Waals surface area (Å²) in [6.45, 7) is 3.94. The smallest absolute Gasteiger partial charge is 0.206 e. The monoisotopic (exact) mass is 162 g/mol. The Bertz CT molecular complexity index is 118. The molecule has 0 spiro atoms. The number of alkyl halides is 2. The lowest BCUT2D eigenvalue weighted by molar-refractivity contribution is 0.0812. The van der Waals surface area contributed by atoms with Crippen LogP contribution in [0.5, 0.6) is 0 Å². The lowest BCUT2D eigenvalue weighted by Crippen LogP contribution is -1.94. The van der Waals surface area contributed by atoms with Crippen LogP contribution in [0, 0.1) is 11.8 Å². The first-order valence-electron chi connectivity index (χ1n) is 4.52. The normalized spacial score (nSPS) is 33.8. The molecule has 0 amide bonds. The number of rotatable bonds is 4. The highest BCUT2D eigenvalue weighted by molar-refractivity contribution is 5.04. The molecule has 0 nitrogen and oxygen atoms in total. The van der Waals surface area contributed by atoms with Crippen LogP contribution in [0.25, 0.3) is 0 Å². The van der Waals surface area contributed by atoms with E-state index in [1.54, 1.807) is 0 Å². The third kappa shape index (κ3) is 1.54. The molecule has 0 aliphatic heterocycles. The van der Waals surface area contributed by atoms with Crippen LogP contribution in [0.2, 0.25) is 0 Å². The standard InChI is InChI=1S/C9H16F2/c1-3-5-7-8(6-4-2)9(7,10)11/h7-8H,3-6H2,1-2H3. The van der Waals surface area contributed by atoms with Crippen LogP contribution in [-0.2, 0) is 0 Å². The Kier molecular flexibility index (Phi) is 2.50. The van der Waals surface area contributed by atoms with E-state index in [9.17, 15) is 8.78 Å². The molecule has 0 N–H and O–H groups in total. The van der Waals surface area contributed by atoms with Gasteiger partial charge in [0, 0.05) is 11.8 Å². The van der Waals surface area contributed by atoms with Gasteiger partial charge in [0.25, 0.3) is 5.92 Å². The average molecular weight is 162 g/mol. The highest BCUT2D eigenvalue weighted by Gasteiger charge is 2.65. The van der Waals surface area contributed by atoms with Gasteiger partial charge in [-0.1, -0.05) is 26.7 Å². The van der Waals surface area contributed by atoms with Crippen molar-refractivity contribution in [1.82, 2.24) is 0 Å². The van der Waals surface area contributed by atoms with Crippen molar-refractivity contribution in [2.75, 3.05) is 0 Å². The van der Waals surface area contributed by atoms with Gasteiger partial charge < -0.3 is 0 Å². The summed E-state index contributed by atoms with van der Waals surface area (Å²) in [4.78, 5) is 0. The highest BCUT2D eigenvalue weighted by atomic mass is 19.3. The summed E-state index contributed by atoms with van der Waals surface area (Å²) in [6.07, 6.45) is 3.19. The molecule has 0 bridgehead atoms. The van der Waals surface area contributed by atoms with Gasteiger partial charge in [0.05, 0.1) is 0 Å². The molecular weight excluding hydrogens is 146 g/mol. The van der Waals surface area contributed by atoms with Crippen LogP contribution in [0.1, 0.15) is 39.5 Å². The zero-order chi connectivity index (χ0) is 8.48. The molecule has 2 atom stereocenters. The van der Waals surface area contributed by atoms with Crippen molar-refractivity contribution >= 4 is 0 Å². The van der Waals surface area contributed by atoms with Gasteiger partial charge in [0.2, 0.25) is 0 Å². The maximum absolute atomic E-state index is 12.8. The zero-order valence-electron chi connectivity index (χ0n) is 7.24. The summed E-state index contributed by atoms with van der Waals surface area (Å²) in [5.74, 6) is -2.88. The Labute approximate surface area is 67.0 Å². The molecule has 1 fully saturated rings. The van der Waals surface area contributed by atoms with Crippen molar-refractivity contribution in [3.05, 3.63) is 0 Å². The summed E-state index contributed by atoms with van der Waals surface area (Å²) in [5.41, 5.74) is 0. The minimum atomic E-state index is -2.31. The van der Waals surface area contributed by atoms with Gasteiger partial charge in [0.1, 0.15) is 0 Å². The fourth-order valence-corrected chi connectivity index (χ4v) is 1.87. The summed E-state index contributed by atoms with van der Waals surface area (Å²) < 4.78 is 25.7. The Morgan fingerprint density at radius 1 is 1.00 bits per heavy atom. The van der Waals surface area contributed by atoms with Crippen molar-refractivity contribution in [3.8, 4) is 0 Å². The predicted octanol–water partition coefficient (Wildman–Crippen LogP) is 3.47. The minimum absolute atomic E-state index is 0.285. The second-order valence-electron chi connectivity index (χ2n) is 3.46. The summed E-state index contributed by atoms with van der Waals surface area (Å²) >= 11 is 0. The molecule has 0 heterocycles. The molecule has 66 valence electrons. The van der Waals surface area contributed by atoms with E-state index >= 15 is 0 Å². The van der Waals surface area contributed by atoms with E-state index < -0.39 is 5.92 Å². The van der Waals surface area contributed by atoms with Gasteiger partial charge in [-0.15, -0.1) is 0 Å². The molecular formula is C9H16F2. The van der Waals surface area contributed by atoms with Crippen LogP contribution in [0.3, 0.4) is 0 Å². The second-order valence-corrected chi connectivity index (χ2v) is 3.46.